The lowest BCUT2D eigenvalue weighted by molar-refractivity contribution is -0.142. The van der Waals surface area contributed by atoms with E-state index in [-0.39, 0.29) is 11.9 Å². The average Bonchev–Trinajstić information content (AvgIpc) is 2.79. The second kappa shape index (κ2) is 6.74. The summed E-state index contributed by atoms with van der Waals surface area (Å²) in [5, 5.41) is 12.5. The van der Waals surface area contributed by atoms with Gasteiger partial charge in [0, 0.05) is 42.1 Å². The third-order valence-corrected chi connectivity index (χ3v) is 6.43. The van der Waals surface area contributed by atoms with Gasteiger partial charge < -0.3 is 15.3 Å². The number of carbonyl (C=O) groups excluding carboxylic acids is 1. The van der Waals surface area contributed by atoms with Crippen LogP contribution in [0.1, 0.15) is 6.92 Å². The maximum atomic E-state index is 12.0. The number of hydrogen-bond donors (Lipinski definition) is 2. The first kappa shape index (κ1) is 14.8. The van der Waals surface area contributed by atoms with Crippen LogP contribution in [0.2, 0.25) is 0 Å². The Bertz CT molecular complexity index is 348. The van der Waals surface area contributed by atoms with E-state index in [0.29, 0.717) is 24.9 Å². The molecule has 2 aliphatic rings. The van der Waals surface area contributed by atoms with Crippen LogP contribution in [0.15, 0.2) is 0 Å². The zero-order valence-electron chi connectivity index (χ0n) is 11.0. The minimum absolute atomic E-state index is 0.0304. The Hall–Kier alpha value is -0.560. The van der Waals surface area contributed by atoms with Crippen LogP contribution in [-0.4, -0.2) is 64.1 Å². The molecule has 108 valence electrons. The largest absolute Gasteiger partial charge is 0.481 e. The van der Waals surface area contributed by atoms with Crippen LogP contribution in [0.4, 0.5) is 4.79 Å². The second-order valence-corrected chi connectivity index (χ2v) is 7.64. The van der Waals surface area contributed by atoms with E-state index >= 15 is 0 Å². The highest BCUT2D eigenvalue weighted by atomic mass is 32.2. The van der Waals surface area contributed by atoms with Crippen molar-refractivity contribution in [2.45, 2.75) is 12.2 Å². The molecule has 2 N–H and O–H groups in total. The quantitative estimate of drug-likeness (QED) is 0.820. The van der Waals surface area contributed by atoms with E-state index in [4.69, 9.17) is 5.11 Å². The number of hydrogen-bond acceptors (Lipinski definition) is 4. The van der Waals surface area contributed by atoms with Crippen LogP contribution in [0.5, 0.6) is 0 Å². The number of carbonyl (C=O) groups is 2. The highest BCUT2D eigenvalue weighted by Gasteiger charge is 2.36. The molecule has 19 heavy (non-hydrogen) atoms. The molecule has 0 aliphatic carbocycles. The maximum Gasteiger partial charge on any atom is 0.317 e. The van der Waals surface area contributed by atoms with E-state index in [2.05, 4.69) is 5.32 Å². The number of aliphatic carboxylic acids is 1. The normalized spacial score (nSPS) is 31.2. The average molecular weight is 304 g/mol. The number of urea groups is 1. The number of likely N-dealkylation sites (tertiary alicyclic amines) is 1. The van der Waals surface area contributed by atoms with Crippen LogP contribution in [0.3, 0.4) is 0 Å². The van der Waals surface area contributed by atoms with Crippen molar-refractivity contribution in [1.82, 2.24) is 10.2 Å². The number of amides is 2. The number of nitrogens with zero attached hydrogens (tertiary/aromatic N) is 1. The molecule has 2 aliphatic heterocycles. The minimum Gasteiger partial charge on any atom is -0.481 e. The number of rotatable bonds is 3. The van der Waals surface area contributed by atoms with E-state index < -0.39 is 11.9 Å². The summed E-state index contributed by atoms with van der Waals surface area (Å²) in [5.74, 6) is 2.22. The van der Waals surface area contributed by atoms with Crippen molar-refractivity contribution in [3.8, 4) is 0 Å². The molecule has 0 spiro atoms. The van der Waals surface area contributed by atoms with Gasteiger partial charge in [-0.15, -0.1) is 0 Å². The molecule has 2 fully saturated rings. The Balaban J connectivity index is 1.76. The highest BCUT2D eigenvalue weighted by molar-refractivity contribution is 8.06. The molecular formula is C12H20N2O3S2. The van der Waals surface area contributed by atoms with Crippen molar-refractivity contribution in [3.05, 3.63) is 0 Å². The molecule has 2 heterocycles. The van der Waals surface area contributed by atoms with Gasteiger partial charge in [-0.25, -0.2) is 4.79 Å². The van der Waals surface area contributed by atoms with Gasteiger partial charge in [0.1, 0.15) is 0 Å². The Morgan fingerprint density at radius 1 is 1.37 bits per heavy atom. The minimum atomic E-state index is -0.804. The van der Waals surface area contributed by atoms with E-state index in [1.807, 2.05) is 30.4 Å². The van der Waals surface area contributed by atoms with Crippen molar-refractivity contribution in [3.63, 3.8) is 0 Å². The molecule has 2 saturated heterocycles. The van der Waals surface area contributed by atoms with Crippen molar-refractivity contribution in [1.29, 1.82) is 0 Å². The van der Waals surface area contributed by atoms with Gasteiger partial charge in [-0.2, -0.15) is 23.5 Å². The van der Waals surface area contributed by atoms with Crippen molar-refractivity contribution >= 4 is 35.5 Å². The van der Waals surface area contributed by atoms with E-state index in [1.165, 1.54) is 5.75 Å². The summed E-state index contributed by atoms with van der Waals surface area (Å²) in [4.78, 5) is 24.7. The number of thioether (sulfide) groups is 2. The Labute approximate surface area is 121 Å². The fraction of sp³-hybridized carbons (Fsp3) is 0.833. The molecule has 7 heteroatoms. The lowest BCUT2D eigenvalue weighted by Crippen LogP contribution is -2.42. The molecule has 0 aromatic rings. The van der Waals surface area contributed by atoms with Crippen LogP contribution in [0.25, 0.3) is 0 Å². The van der Waals surface area contributed by atoms with E-state index in [0.717, 1.165) is 11.5 Å². The molecule has 0 aromatic heterocycles. The van der Waals surface area contributed by atoms with Crippen LogP contribution in [-0.2, 0) is 4.79 Å². The predicted molar refractivity (Wildman–Crippen MR) is 78.8 cm³/mol. The first-order valence-corrected chi connectivity index (χ1v) is 8.73. The van der Waals surface area contributed by atoms with Gasteiger partial charge >= 0.3 is 12.0 Å². The molecule has 0 aromatic carbocycles. The standard InChI is InChI=1S/C12H20N2O3S2/c1-8-5-14(6-10(8)11(15)16)12(17)13-4-9-7-18-2-3-19-9/h8-10H,2-7H2,1H3,(H,13,17)(H,15,16). The van der Waals surface area contributed by atoms with E-state index in [1.54, 1.807) is 4.90 Å². The molecule has 5 nitrogen and oxygen atoms in total. The zero-order valence-corrected chi connectivity index (χ0v) is 12.6. The molecule has 2 amide bonds. The van der Waals surface area contributed by atoms with Crippen LogP contribution in [0, 0.1) is 11.8 Å². The zero-order chi connectivity index (χ0) is 13.8. The third kappa shape index (κ3) is 3.95. The Kier molecular flexibility index (Phi) is 5.27. The third-order valence-electron chi connectivity index (χ3n) is 3.58. The lowest BCUT2D eigenvalue weighted by Gasteiger charge is -2.23. The second-order valence-electron chi connectivity index (χ2n) is 5.08. The molecule has 3 unspecified atom stereocenters. The lowest BCUT2D eigenvalue weighted by atomic mass is 9.99. The highest BCUT2D eigenvalue weighted by Crippen LogP contribution is 2.24. The van der Waals surface area contributed by atoms with Crippen LogP contribution < -0.4 is 5.32 Å². The first-order valence-electron chi connectivity index (χ1n) is 6.53. The predicted octanol–water partition coefficient (Wildman–Crippen LogP) is 1.20. The van der Waals surface area contributed by atoms with Gasteiger partial charge in [0.05, 0.1) is 5.92 Å². The molecule has 2 rings (SSSR count). The smallest absolute Gasteiger partial charge is 0.317 e. The summed E-state index contributed by atoms with van der Waals surface area (Å²) >= 11 is 3.83. The summed E-state index contributed by atoms with van der Waals surface area (Å²) in [6, 6.07) is -0.119. The van der Waals surface area contributed by atoms with E-state index in [9.17, 15) is 9.59 Å². The van der Waals surface area contributed by atoms with Gasteiger partial charge in [0.2, 0.25) is 0 Å². The number of nitrogens with one attached hydrogen (secondary N) is 1. The molecule has 3 atom stereocenters. The first-order chi connectivity index (χ1) is 9.08. The SMILES string of the molecule is CC1CN(C(=O)NCC2CSCCS2)CC1C(=O)O. The van der Waals surface area contributed by atoms with Crippen LogP contribution >= 0.6 is 23.5 Å². The summed E-state index contributed by atoms with van der Waals surface area (Å²) in [6.07, 6.45) is 0. The topological polar surface area (TPSA) is 69.6 Å². The fourth-order valence-electron chi connectivity index (χ4n) is 2.42. The van der Waals surface area contributed by atoms with Crippen molar-refractivity contribution in [2.24, 2.45) is 11.8 Å². The molecular weight excluding hydrogens is 284 g/mol. The summed E-state index contributed by atoms with van der Waals surface area (Å²) in [7, 11) is 0. The monoisotopic (exact) mass is 304 g/mol. The molecule has 0 radical (unpaired) electrons. The van der Waals surface area contributed by atoms with Crippen molar-refractivity contribution < 1.29 is 14.7 Å². The molecule has 0 saturated carbocycles. The summed E-state index contributed by atoms with van der Waals surface area (Å²) < 4.78 is 0. The van der Waals surface area contributed by atoms with Crippen molar-refractivity contribution in [2.75, 3.05) is 36.9 Å². The summed E-state index contributed by atoms with van der Waals surface area (Å²) in [5.41, 5.74) is 0. The molecule has 0 bridgehead atoms. The van der Waals surface area contributed by atoms with Gasteiger partial charge in [-0.1, -0.05) is 6.92 Å². The van der Waals surface area contributed by atoms with Gasteiger partial charge in [0.25, 0.3) is 0 Å². The maximum absolute atomic E-state index is 12.0. The Morgan fingerprint density at radius 3 is 2.74 bits per heavy atom. The Morgan fingerprint density at radius 2 is 2.16 bits per heavy atom. The summed E-state index contributed by atoms with van der Waals surface area (Å²) in [6.45, 7) is 3.43. The van der Waals surface area contributed by atoms with Gasteiger partial charge in [-0.05, 0) is 5.92 Å². The number of carboxylic acid groups (broad SMARTS) is 1. The fourth-order valence-corrected chi connectivity index (χ4v) is 5.03. The van der Waals surface area contributed by atoms with Gasteiger partial charge in [-0.3, -0.25) is 4.79 Å². The number of carboxylic acids is 1. The van der Waals surface area contributed by atoms with Gasteiger partial charge in [0.15, 0.2) is 0 Å².